The van der Waals surface area contributed by atoms with Crippen LogP contribution in [0, 0.1) is 5.92 Å². The SMILES string of the molecule is NCC1CCCCC1NC1CCN2CCCC2C1. The van der Waals surface area contributed by atoms with Crippen LogP contribution in [-0.4, -0.2) is 42.7 Å². The van der Waals surface area contributed by atoms with Gasteiger partial charge in [-0.05, 0) is 64.1 Å². The van der Waals surface area contributed by atoms with Crippen LogP contribution in [0.15, 0.2) is 0 Å². The molecule has 0 amide bonds. The maximum atomic E-state index is 5.94. The average Bonchev–Trinajstić information content (AvgIpc) is 2.87. The third kappa shape index (κ3) is 2.73. The van der Waals surface area contributed by atoms with E-state index in [9.17, 15) is 0 Å². The molecule has 4 unspecified atom stereocenters. The summed E-state index contributed by atoms with van der Waals surface area (Å²) in [6, 6.07) is 2.36. The molecule has 0 aromatic carbocycles. The molecule has 3 heteroatoms. The lowest BCUT2D eigenvalue weighted by atomic mass is 9.83. The summed E-state index contributed by atoms with van der Waals surface area (Å²) in [5, 5.41) is 3.96. The number of nitrogens with two attached hydrogens (primary N) is 1. The second kappa shape index (κ2) is 5.89. The molecule has 0 bridgehead atoms. The fraction of sp³-hybridized carbons (Fsp3) is 1.00. The molecule has 0 radical (unpaired) electrons. The van der Waals surface area contributed by atoms with Gasteiger partial charge in [0.1, 0.15) is 0 Å². The Morgan fingerprint density at radius 3 is 2.78 bits per heavy atom. The Kier molecular flexibility index (Phi) is 4.22. The molecule has 1 saturated carbocycles. The summed E-state index contributed by atoms with van der Waals surface area (Å²) in [7, 11) is 0. The quantitative estimate of drug-likeness (QED) is 0.802. The molecule has 0 aromatic rings. The summed E-state index contributed by atoms with van der Waals surface area (Å²) in [6.07, 6.45) is 11.1. The summed E-state index contributed by atoms with van der Waals surface area (Å²) >= 11 is 0. The van der Waals surface area contributed by atoms with E-state index < -0.39 is 0 Å². The van der Waals surface area contributed by atoms with E-state index in [2.05, 4.69) is 10.2 Å². The van der Waals surface area contributed by atoms with Gasteiger partial charge in [0.25, 0.3) is 0 Å². The van der Waals surface area contributed by atoms with Gasteiger partial charge < -0.3 is 16.0 Å². The summed E-state index contributed by atoms with van der Waals surface area (Å²) in [6.45, 7) is 3.55. The number of piperidine rings is 1. The molecule has 3 N–H and O–H groups in total. The van der Waals surface area contributed by atoms with Crippen molar-refractivity contribution in [2.45, 2.75) is 69.5 Å². The minimum Gasteiger partial charge on any atom is -0.330 e. The molecular weight excluding hydrogens is 222 g/mol. The largest absolute Gasteiger partial charge is 0.330 e. The number of fused-ring (bicyclic) bond motifs is 1. The molecule has 1 aliphatic carbocycles. The zero-order chi connectivity index (χ0) is 12.4. The Hall–Kier alpha value is -0.120. The number of hydrogen-bond acceptors (Lipinski definition) is 3. The van der Waals surface area contributed by atoms with E-state index in [1.807, 2.05) is 0 Å². The van der Waals surface area contributed by atoms with Crippen LogP contribution in [0.4, 0.5) is 0 Å². The van der Waals surface area contributed by atoms with Crippen LogP contribution >= 0.6 is 0 Å². The van der Waals surface area contributed by atoms with Crippen molar-refractivity contribution in [3.8, 4) is 0 Å². The van der Waals surface area contributed by atoms with E-state index in [-0.39, 0.29) is 0 Å². The highest BCUT2D eigenvalue weighted by Crippen LogP contribution is 2.29. The minimum atomic E-state index is 0.710. The van der Waals surface area contributed by atoms with Gasteiger partial charge in [-0.2, -0.15) is 0 Å². The first kappa shape index (κ1) is 12.9. The van der Waals surface area contributed by atoms with Crippen LogP contribution in [0.3, 0.4) is 0 Å². The lowest BCUT2D eigenvalue weighted by molar-refractivity contribution is 0.144. The van der Waals surface area contributed by atoms with Crippen molar-refractivity contribution in [1.82, 2.24) is 10.2 Å². The highest BCUT2D eigenvalue weighted by atomic mass is 15.2. The van der Waals surface area contributed by atoms with E-state index in [1.165, 1.54) is 64.5 Å². The summed E-state index contributed by atoms with van der Waals surface area (Å²) in [4.78, 5) is 2.71. The first-order chi connectivity index (χ1) is 8.86. The van der Waals surface area contributed by atoms with Gasteiger partial charge >= 0.3 is 0 Å². The summed E-state index contributed by atoms with van der Waals surface area (Å²) < 4.78 is 0. The van der Waals surface area contributed by atoms with Crippen LogP contribution in [0.1, 0.15) is 51.4 Å². The Morgan fingerprint density at radius 2 is 1.89 bits per heavy atom. The molecule has 2 saturated heterocycles. The van der Waals surface area contributed by atoms with Gasteiger partial charge in [0.15, 0.2) is 0 Å². The van der Waals surface area contributed by atoms with E-state index >= 15 is 0 Å². The minimum absolute atomic E-state index is 0.710. The Morgan fingerprint density at radius 1 is 1.00 bits per heavy atom. The second-order valence-electron chi connectivity index (χ2n) is 6.61. The molecule has 4 atom stereocenters. The zero-order valence-electron chi connectivity index (χ0n) is 11.6. The highest BCUT2D eigenvalue weighted by molar-refractivity contribution is 4.92. The molecule has 18 heavy (non-hydrogen) atoms. The molecule has 0 aromatic heterocycles. The topological polar surface area (TPSA) is 41.3 Å². The summed E-state index contributed by atoms with van der Waals surface area (Å²) in [5.74, 6) is 0.736. The predicted octanol–water partition coefficient (Wildman–Crippen LogP) is 1.72. The van der Waals surface area contributed by atoms with Crippen molar-refractivity contribution < 1.29 is 0 Å². The van der Waals surface area contributed by atoms with Gasteiger partial charge in [0.2, 0.25) is 0 Å². The first-order valence-electron chi connectivity index (χ1n) is 8.07. The van der Waals surface area contributed by atoms with E-state index in [1.54, 1.807) is 0 Å². The van der Waals surface area contributed by atoms with Crippen molar-refractivity contribution in [3.63, 3.8) is 0 Å². The van der Waals surface area contributed by atoms with Crippen molar-refractivity contribution in [2.75, 3.05) is 19.6 Å². The molecule has 3 aliphatic rings. The average molecular weight is 251 g/mol. The van der Waals surface area contributed by atoms with Crippen LogP contribution < -0.4 is 11.1 Å². The van der Waals surface area contributed by atoms with Crippen LogP contribution in [0.2, 0.25) is 0 Å². The number of rotatable bonds is 3. The molecule has 3 rings (SSSR count). The van der Waals surface area contributed by atoms with Gasteiger partial charge in [-0.1, -0.05) is 12.8 Å². The third-order valence-corrected chi connectivity index (χ3v) is 5.48. The lowest BCUT2D eigenvalue weighted by Crippen LogP contribution is -2.52. The molecule has 3 fully saturated rings. The van der Waals surface area contributed by atoms with Crippen LogP contribution in [-0.2, 0) is 0 Å². The fourth-order valence-electron chi connectivity index (χ4n) is 4.39. The number of nitrogens with one attached hydrogen (secondary N) is 1. The second-order valence-corrected chi connectivity index (χ2v) is 6.61. The number of nitrogens with zero attached hydrogens (tertiary/aromatic N) is 1. The van der Waals surface area contributed by atoms with Gasteiger partial charge in [-0.25, -0.2) is 0 Å². The maximum absolute atomic E-state index is 5.94. The lowest BCUT2D eigenvalue weighted by Gasteiger charge is -2.40. The normalized spacial score (nSPS) is 41.8. The molecule has 2 heterocycles. The van der Waals surface area contributed by atoms with E-state index in [0.717, 1.165) is 24.5 Å². The van der Waals surface area contributed by atoms with Gasteiger partial charge in [0.05, 0.1) is 0 Å². The molecule has 3 nitrogen and oxygen atoms in total. The Bertz CT molecular complexity index is 268. The maximum Gasteiger partial charge on any atom is 0.0111 e. The standard InChI is InChI=1S/C15H29N3/c16-11-12-4-1-2-6-15(12)17-13-7-9-18-8-3-5-14(18)10-13/h12-15,17H,1-11,16H2. The Labute approximate surface area is 111 Å². The highest BCUT2D eigenvalue weighted by Gasteiger charge is 2.33. The monoisotopic (exact) mass is 251 g/mol. The smallest absolute Gasteiger partial charge is 0.0111 e. The first-order valence-corrected chi connectivity index (χ1v) is 8.07. The third-order valence-electron chi connectivity index (χ3n) is 5.48. The van der Waals surface area contributed by atoms with Gasteiger partial charge in [-0.15, -0.1) is 0 Å². The zero-order valence-corrected chi connectivity index (χ0v) is 11.6. The van der Waals surface area contributed by atoms with Crippen molar-refractivity contribution in [3.05, 3.63) is 0 Å². The fourth-order valence-corrected chi connectivity index (χ4v) is 4.39. The summed E-state index contributed by atoms with van der Waals surface area (Å²) in [5.41, 5.74) is 5.94. The van der Waals surface area contributed by atoms with Crippen LogP contribution in [0.5, 0.6) is 0 Å². The van der Waals surface area contributed by atoms with E-state index in [0.29, 0.717) is 6.04 Å². The van der Waals surface area contributed by atoms with Crippen LogP contribution in [0.25, 0.3) is 0 Å². The molecule has 104 valence electrons. The molecule has 0 spiro atoms. The molecule has 2 aliphatic heterocycles. The van der Waals surface area contributed by atoms with Crippen molar-refractivity contribution in [1.29, 1.82) is 0 Å². The van der Waals surface area contributed by atoms with Gasteiger partial charge in [0, 0.05) is 18.1 Å². The predicted molar refractivity (Wildman–Crippen MR) is 75.6 cm³/mol. The van der Waals surface area contributed by atoms with E-state index in [4.69, 9.17) is 5.73 Å². The Balaban J connectivity index is 1.52. The van der Waals surface area contributed by atoms with Crippen molar-refractivity contribution in [2.24, 2.45) is 11.7 Å². The van der Waals surface area contributed by atoms with Crippen molar-refractivity contribution >= 4 is 0 Å². The molecular formula is C15H29N3. The number of hydrogen-bond donors (Lipinski definition) is 2. The van der Waals surface area contributed by atoms with Gasteiger partial charge in [-0.3, -0.25) is 0 Å².